The van der Waals surface area contributed by atoms with E-state index in [1.807, 2.05) is 25.1 Å². The van der Waals surface area contributed by atoms with Crippen LogP contribution in [0.3, 0.4) is 0 Å². The molecule has 0 fully saturated rings. The Labute approximate surface area is 111 Å². The molecule has 4 heteroatoms. The van der Waals surface area contributed by atoms with Crippen LogP contribution in [-0.2, 0) is 0 Å². The molecular formula is C15H15N3O. The van der Waals surface area contributed by atoms with Crippen LogP contribution in [0.1, 0.15) is 28.4 Å². The second-order valence-corrected chi connectivity index (χ2v) is 4.75. The first-order valence-electron chi connectivity index (χ1n) is 6.19. The maximum absolute atomic E-state index is 10.5. The molecule has 1 aromatic carbocycles. The average Bonchev–Trinajstić information content (AvgIpc) is 2.85. The summed E-state index contributed by atoms with van der Waals surface area (Å²) < 4.78 is 1.71. The first-order valence-corrected chi connectivity index (χ1v) is 6.19. The predicted octanol–water partition coefficient (Wildman–Crippen LogP) is 2.43. The fraction of sp³-hybridized carbons (Fsp3) is 0.200. The summed E-state index contributed by atoms with van der Waals surface area (Å²) in [7, 11) is 0. The van der Waals surface area contributed by atoms with Crippen LogP contribution in [0, 0.1) is 13.8 Å². The van der Waals surface area contributed by atoms with Crippen molar-refractivity contribution in [1.29, 1.82) is 0 Å². The van der Waals surface area contributed by atoms with E-state index in [-0.39, 0.29) is 0 Å². The van der Waals surface area contributed by atoms with Gasteiger partial charge >= 0.3 is 0 Å². The minimum atomic E-state index is -0.680. The minimum Gasteiger partial charge on any atom is -0.384 e. The number of fused-ring (bicyclic) bond motifs is 1. The van der Waals surface area contributed by atoms with Crippen LogP contribution in [-0.4, -0.2) is 19.7 Å². The number of aliphatic hydroxyl groups excluding tert-OH is 1. The number of rotatable bonds is 2. The summed E-state index contributed by atoms with van der Waals surface area (Å²) in [6.07, 6.45) is 6.17. The molecule has 0 saturated carbocycles. The van der Waals surface area contributed by atoms with Gasteiger partial charge in [0.15, 0.2) is 0 Å². The van der Waals surface area contributed by atoms with Gasteiger partial charge in [-0.25, -0.2) is 4.52 Å². The SMILES string of the molecule is Cc1ccc(C(O)c2cnn3ccncc23)cc1C. The monoisotopic (exact) mass is 253 g/mol. The Kier molecular flexibility index (Phi) is 2.80. The highest BCUT2D eigenvalue weighted by Crippen LogP contribution is 2.26. The summed E-state index contributed by atoms with van der Waals surface area (Å²) in [5.74, 6) is 0. The van der Waals surface area contributed by atoms with Gasteiger partial charge in [-0.1, -0.05) is 18.2 Å². The first kappa shape index (κ1) is 11.9. The highest BCUT2D eigenvalue weighted by atomic mass is 16.3. The number of aromatic nitrogens is 3. The zero-order valence-corrected chi connectivity index (χ0v) is 10.9. The molecule has 4 nitrogen and oxygen atoms in total. The van der Waals surface area contributed by atoms with Crippen molar-refractivity contribution in [2.75, 3.05) is 0 Å². The van der Waals surface area contributed by atoms with E-state index in [4.69, 9.17) is 0 Å². The molecule has 0 bridgehead atoms. The van der Waals surface area contributed by atoms with Crippen molar-refractivity contribution >= 4 is 5.52 Å². The highest BCUT2D eigenvalue weighted by molar-refractivity contribution is 5.55. The average molecular weight is 253 g/mol. The zero-order valence-electron chi connectivity index (χ0n) is 10.9. The summed E-state index contributed by atoms with van der Waals surface area (Å²) in [6, 6.07) is 5.99. The van der Waals surface area contributed by atoms with Crippen LogP contribution in [0.2, 0.25) is 0 Å². The number of hydrogen-bond donors (Lipinski definition) is 1. The van der Waals surface area contributed by atoms with Crippen molar-refractivity contribution in [3.05, 3.63) is 65.2 Å². The number of aliphatic hydroxyl groups is 1. The predicted molar refractivity (Wildman–Crippen MR) is 73.0 cm³/mol. The van der Waals surface area contributed by atoms with Gasteiger partial charge in [-0.05, 0) is 30.5 Å². The van der Waals surface area contributed by atoms with E-state index in [0.717, 1.165) is 16.6 Å². The highest BCUT2D eigenvalue weighted by Gasteiger charge is 2.16. The van der Waals surface area contributed by atoms with Gasteiger partial charge in [0.2, 0.25) is 0 Å². The van der Waals surface area contributed by atoms with Gasteiger partial charge < -0.3 is 5.11 Å². The second kappa shape index (κ2) is 4.48. The van der Waals surface area contributed by atoms with Crippen molar-refractivity contribution in [1.82, 2.24) is 14.6 Å². The maximum atomic E-state index is 10.5. The molecule has 1 N–H and O–H groups in total. The van der Waals surface area contributed by atoms with Gasteiger partial charge in [-0.3, -0.25) is 4.98 Å². The van der Waals surface area contributed by atoms with Gasteiger partial charge in [-0.15, -0.1) is 0 Å². The maximum Gasteiger partial charge on any atom is 0.108 e. The van der Waals surface area contributed by atoms with E-state index < -0.39 is 6.10 Å². The summed E-state index contributed by atoms with van der Waals surface area (Å²) in [5, 5.41) is 14.7. The van der Waals surface area contributed by atoms with Crippen LogP contribution in [0.5, 0.6) is 0 Å². The fourth-order valence-electron chi connectivity index (χ4n) is 2.18. The quantitative estimate of drug-likeness (QED) is 0.763. The molecule has 1 atom stereocenters. The molecule has 0 aliphatic heterocycles. The van der Waals surface area contributed by atoms with E-state index >= 15 is 0 Å². The molecule has 0 radical (unpaired) electrons. The van der Waals surface area contributed by atoms with Crippen LogP contribution < -0.4 is 0 Å². The van der Waals surface area contributed by atoms with E-state index in [1.165, 1.54) is 11.1 Å². The summed E-state index contributed by atoms with van der Waals surface area (Å²) in [4.78, 5) is 4.08. The molecule has 0 amide bonds. The molecule has 3 rings (SSSR count). The van der Waals surface area contributed by atoms with E-state index in [9.17, 15) is 5.11 Å². The summed E-state index contributed by atoms with van der Waals surface area (Å²) in [5.41, 5.74) is 4.87. The molecule has 96 valence electrons. The molecule has 1 unspecified atom stereocenters. The fourth-order valence-corrected chi connectivity index (χ4v) is 2.18. The van der Waals surface area contributed by atoms with E-state index in [0.29, 0.717) is 0 Å². The van der Waals surface area contributed by atoms with Crippen molar-refractivity contribution in [2.24, 2.45) is 0 Å². The Hall–Kier alpha value is -2.20. The van der Waals surface area contributed by atoms with Crippen molar-refractivity contribution in [2.45, 2.75) is 20.0 Å². The second-order valence-electron chi connectivity index (χ2n) is 4.75. The van der Waals surface area contributed by atoms with E-state index in [1.54, 1.807) is 29.3 Å². The number of benzene rings is 1. The largest absolute Gasteiger partial charge is 0.384 e. The molecule has 3 aromatic rings. The molecule has 2 aromatic heterocycles. The Morgan fingerprint density at radius 3 is 2.79 bits per heavy atom. The molecule has 19 heavy (non-hydrogen) atoms. The topological polar surface area (TPSA) is 50.4 Å². The normalized spacial score (nSPS) is 12.8. The third-order valence-electron chi connectivity index (χ3n) is 3.50. The standard InChI is InChI=1S/C15H15N3O/c1-10-3-4-12(7-11(10)2)15(19)13-8-17-18-6-5-16-9-14(13)18/h3-9,15,19H,1-2H3. The minimum absolute atomic E-state index is 0.680. The molecule has 2 heterocycles. The number of aryl methyl sites for hydroxylation is 2. The Morgan fingerprint density at radius 2 is 2.00 bits per heavy atom. The molecule has 0 aliphatic rings. The van der Waals surface area contributed by atoms with Gasteiger partial charge in [0.1, 0.15) is 6.10 Å². The number of nitrogens with zero attached hydrogens (tertiary/aromatic N) is 3. The third-order valence-corrected chi connectivity index (χ3v) is 3.50. The Bertz CT molecular complexity index is 733. The van der Waals surface area contributed by atoms with Gasteiger partial charge in [0, 0.05) is 18.0 Å². The molecule has 0 saturated heterocycles. The lowest BCUT2D eigenvalue weighted by molar-refractivity contribution is 0.221. The number of hydrogen-bond acceptors (Lipinski definition) is 3. The summed E-state index contributed by atoms with van der Waals surface area (Å²) in [6.45, 7) is 4.11. The zero-order chi connectivity index (χ0) is 13.4. The molecule has 0 aliphatic carbocycles. The first-order chi connectivity index (χ1) is 9.16. The molecular weight excluding hydrogens is 238 g/mol. The van der Waals surface area contributed by atoms with Crippen molar-refractivity contribution < 1.29 is 5.11 Å². The van der Waals surface area contributed by atoms with Gasteiger partial charge in [-0.2, -0.15) is 5.10 Å². The lowest BCUT2D eigenvalue weighted by Crippen LogP contribution is -2.00. The Morgan fingerprint density at radius 1 is 1.16 bits per heavy atom. The van der Waals surface area contributed by atoms with Gasteiger partial charge in [0.05, 0.1) is 17.9 Å². The molecule has 0 spiro atoms. The smallest absolute Gasteiger partial charge is 0.108 e. The van der Waals surface area contributed by atoms with Crippen LogP contribution in [0.15, 0.2) is 43.0 Å². The lowest BCUT2D eigenvalue weighted by Gasteiger charge is -2.11. The van der Waals surface area contributed by atoms with Crippen LogP contribution >= 0.6 is 0 Å². The summed E-state index contributed by atoms with van der Waals surface area (Å²) >= 11 is 0. The third kappa shape index (κ3) is 2.00. The van der Waals surface area contributed by atoms with Gasteiger partial charge in [0.25, 0.3) is 0 Å². The van der Waals surface area contributed by atoms with Crippen molar-refractivity contribution in [3.63, 3.8) is 0 Å². The Balaban J connectivity index is 2.08. The van der Waals surface area contributed by atoms with Crippen LogP contribution in [0.4, 0.5) is 0 Å². The lowest BCUT2D eigenvalue weighted by atomic mass is 9.99. The van der Waals surface area contributed by atoms with E-state index in [2.05, 4.69) is 17.0 Å². The van der Waals surface area contributed by atoms with Crippen LogP contribution in [0.25, 0.3) is 5.52 Å². The van der Waals surface area contributed by atoms with Crippen molar-refractivity contribution in [3.8, 4) is 0 Å².